The van der Waals surface area contributed by atoms with Crippen molar-refractivity contribution in [3.63, 3.8) is 0 Å². The number of esters is 1. The van der Waals surface area contributed by atoms with E-state index in [-0.39, 0.29) is 6.42 Å². The molecule has 106 valence electrons. The zero-order chi connectivity index (χ0) is 14.3. The van der Waals surface area contributed by atoms with Crippen molar-refractivity contribution in [3.8, 4) is 0 Å². The van der Waals surface area contributed by atoms with E-state index in [2.05, 4.69) is 4.74 Å². The van der Waals surface area contributed by atoms with Crippen LogP contribution in [0.25, 0.3) is 0 Å². The monoisotopic (exact) mass is 266 g/mol. The van der Waals surface area contributed by atoms with E-state index in [0.29, 0.717) is 6.42 Å². The standard InChI is InChI=1S/C10H18O8/c1-2-3-6(13)18-9(10(16)17)8(15)7(14)5(12)4-11/h5,7-9,11-12,14-15H,2-4H2,1H3,(H,16,17)/t5-,7-,8+,9-/m1/s1. The van der Waals surface area contributed by atoms with Gasteiger partial charge < -0.3 is 30.3 Å². The van der Waals surface area contributed by atoms with E-state index in [1.165, 1.54) is 0 Å². The highest BCUT2D eigenvalue weighted by Gasteiger charge is 2.38. The average Bonchev–Trinajstić information content (AvgIpc) is 2.33. The van der Waals surface area contributed by atoms with Crippen molar-refractivity contribution in [1.29, 1.82) is 0 Å². The van der Waals surface area contributed by atoms with Gasteiger partial charge in [-0.25, -0.2) is 4.79 Å². The quantitative estimate of drug-likeness (QED) is 0.313. The van der Waals surface area contributed by atoms with E-state index < -0.39 is 43.0 Å². The molecular formula is C10H18O8. The summed E-state index contributed by atoms with van der Waals surface area (Å²) in [7, 11) is 0. The molecule has 0 aromatic rings. The van der Waals surface area contributed by atoms with Gasteiger partial charge in [0, 0.05) is 6.42 Å². The highest BCUT2D eigenvalue weighted by Crippen LogP contribution is 2.10. The van der Waals surface area contributed by atoms with Crippen LogP contribution in [0.3, 0.4) is 0 Å². The lowest BCUT2D eigenvalue weighted by Gasteiger charge is -2.26. The maximum Gasteiger partial charge on any atom is 0.347 e. The number of carbonyl (C=O) groups excluding carboxylic acids is 1. The summed E-state index contributed by atoms with van der Waals surface area (Å²) in [4.78, 5) is 21.9. The minimum absolute atomic E-state index is 0.0326. The van der Waals surface area contributed by atoms with Gasteiger partial charge in [-0.3, -0.25) is 4.79 Å². The number of hydrogen-bond donors (Lipinski definition) is 5. The predicted octanol–water partition coefficient (Wildman–Crippen LogP) is -2.14. The third kappa shape index (κ3) is 4.96. The molecule has 0 rings (SSSR count). The summed E-state index contributed by atoms with van der Waals surface area (Å²) in [5.74, 6) is -2.49. The topological polar surface area (TPSA) is 145 Å². The highest BCUT2D eigenvalue weighted by molar-refractivity contribution is 5.78. The summed E-state index contributed by atoms with van der Waals surface area (Å²) >= 11 is 0. The third-order valence-electron chi connectivity index (χ3n) is 2.20. The number of ether oxygens (including phenoxy) is 1. The highest BCUT2D eigenvalue weighted by atomic mass is 16.6. The Hall–Kier alpha value is -1.22. The Morgan fingerprint density at radius 2 is 1.72 bits per heavy atom. The largest absolute Gasteiger partial charge is 0.478 e. The van der Waals surface area contributed by atoms with Gasteiger partial charge in [-0.05, 0) is 6.42 Å². The molecule has 0 amide bonds. The minimum Gasteiger partial charge on any atom is -0.478 e. The Labute approximate surface area is 103 Å². The first-order valence-corrected chi connectivity index (χ1v) is 5.42. The van der Waals surface area contributed by atoms with Gasteiger partial charge in [-0.15, -0.1) is 0 Å². The fourth-order valence-corrected chi connectivity index (χ4v) is 1.19. The molecule has 18 heavy (non-hydrogen) atoms. The number of aliphatic hydroxyl groups is 4. The molecular weight excluding hydrogens is 248 g/mol. The first-order valence-electron chi connectivity index (χ1n) is 5.42. The molecule has 0 fully saturated rings. The molecule has 0 bridgehead atoms. The van der Waals surface area contributed by atoms with Gasteiger partial charge in [0.2, 0.25) is 6.10 Å². The molecule has 0 aromatic carbocycles. The molecule has 8 heteroatoms. The molecule has 0 saturated heterocycles. The molecule has 0 heterocycles. The van der Waals surface area contributed by atoms with Crippen LogP contribution in [0.5, 0.6) is 0 Å². The molecule has 8 nitrogen and oxygen atoms in total. The van der Waals surface area contributed by atoms with Crippen LogP contribution in [0.1, 0.15) is 19.8 Å². The summed E-state index contributed by atoms with van der Waals surface area (Å²) in [5, 5.41) is 45.2. The Balaban J connectivity index is 4.68. The normalized spacial score (nSPS) is 17.6. The Bertz CT molecular complexity index is 279. The second-order valence-electron chi connectivity index (χ2n) is 3.73. The van der Waals surface area contributed by atoms with Crippen molar-refractivity contribution in [2.24, 2.45) is 0 Å². The first-order chi connectivity index (χ1) is 8.34. The number of carboxylic acid groups (broad SMARTS) is 1. The molecule has 0 aliphatic heterocycles. The number of carboxylic acids is 1. The molecule has 0 aliphatic rings. The van der Waals surface area contributed by atoms with Crippen molar-refractivity contribution in [1.82, 2.24) is 0 Å². The molecule has 5 N–H and O–H groups in total. The summed E-state index contributed by atoms with van der Waals surface area (Å²) in [6, 6.07) is 0. The number of aliphatic hydroxyl groups excluding tert-OH is 4. The van der Waals surface area contributed by atoms with Crippen LogP contribution >= 0.6 is 0 Å². The minimum atomic E-state index is -2.04. The first kappa shape index (κ1) is 16.8. The van der Waals surface area contributed by atoms with Gasteiger partial charge in [-0.2, -0.15) is 0 Å². The van der Waals surface area contributed by atoms with E-state index >= 15 is 0 Å². The van der Waals surface area contributed by atoms with Crippen molar-refractivity contribution < 1.29 is 39.9 Å². The van der Waals surface area contributed by atoms with Crippen molar-refractivity contribution in [2.45, 2.75) is 44.2 Å². The average molecular weight is 266 g/mol. The smallest absolute Gasteiger partial charge is 0.347 e. The summed E-state index contributed by atoms with van der Waals surface area (Å²) in [6.07, 6.45) is -7.30. The number of carbonyl (C=O) groups is 2. The maximum absolute atomic E-state index is 11.1. The fourth-order valence-electron chi connectivity index (χ4n) is 1.19. The van der Waals surface area contributed by atoms with Crippen LogP contribution in [0.15, 0.2) is 0 Å². The van der Waals surface area contributed by atoms with E-state index in [4.69, 9.17) is 15.3 Å². The van der Waals surface area contributed by atoms with Gasteiger partial charge in [0.15, 0.2) is 0 Å². The Kier molecular flexibility index (Phi) is 7.44. The molecule has 0 radical (unpaired) electrons. The van der Waals surface area contributed by atoms with Crippen molar-refractivity contribution >= 4 is 11.9 Å². The zero-order valence-electron chi connectivity index (χ0n) is 9.89. The SMILES string of the molecule is CCCC(=O)O[C@@H](C(=O)O)[C@@H](O)[C@H](O)[C@H](O)CO. The van der Waals surface area contributed by atoms with Crippen LogP contribution in [0, 0.1) is 0 Å². The van der Waals surface area contributed by atoms with Gasteiger partial charge >= 0.3 is 11.9 Å². The van der Waals surface area contributed by atoms with E-state index in [0.717, 1.165) is 0 Å². The van der Waals surface area contributed by atoms with E-state index in [1.54, 1.807) is 6.92 Å². The summed E-state index contributed by atoms with van der Waals surface area (Å²) in [5.41, 5.74) is 0. The van der Waals surface area contributed by atoms with Gasteiger partial charge in [0.05, 0.1) is 6.61 Å². The number of rotatable bonds is 8. The van der Waals surface area contributed by atoms with Crippen LogP contribution in [-0.4, -0.2) is 68.5 Å². The molecule has 4 atom stereocenters. The number of hydrogen-bond acceptors (Lipinski definition) is 7. The second-order valence-corrected chi connectivity index (χ2v) is 3.73. The van der Waals surface area contributed by atoms with Gasteiger partial charge in [0.1, 0.15) is 18.3 Å². The fraction of sp³-hybridized carbons (Fsp3) is 0.800. The Morgan fingerprint density at radius 1 is 1.17 bits per heavy atom. The lowest BCUT2D eigenvalue weighted by Crippen LogP contribution is -2.50. The van der Waals surface area contributed by atoms with Crippen LogP contribution < -0.4 is 0 Å². The van der Waals surface area contributed by atoms with Crippen molar-refractivity contribution in [2.75, 3.05) is 6.61 Å². The lowest BCUT2D eigenvalue weighted by molar-refractivity contribution is -0.182. The van der Waals surface area contributed by atoms with Crippen LogP contribution in [0.4, 0.5) is 0 Å². The third-order valence-corrected chi connectivity index (χ3v) is 2.20. The molecule has 0 aliphatic carbocycles. The summed E-state index contributed by atoms with van der Waals surface area (Å²) < 4.78 is 4.49. The lowest BCUT2D eigenvalue weighted by atomic mass is 10.0. The van der Waals surface area contributed by atoms with Gasteiger partial charge in [0.25, 0.3) is 0 Å². The predicted molar refractivity (Wildman–Crippen MR) is 57.5 cm³/mol. The van der Waals surface area contributed by atoms with E-state index in [9.17, 15) is 19.8 Å². The maximum atomic E-state index is 11.1. The number of aliphatic carboxylic acids is 1. The molecule has 0 saturated carbocycles. The molecule has 0 aromatic heterocycles. The zero-order valence-corrected chi connectivity index (χ0v) is 9.89. The molecule has 0 unspecified atom stereocenters. The Morgan fingerprint density at radius 3 is 2.11 bits per heavy atom. The molecule has 0 spiro atoms. The van der Waals surface area contributed by atoms with E-state index in [1.807, 2.05) is 0 Å². The second kappa shape index (κ2) is 7.98. The van der Waals surface area contributed by atoms with Gasteiger partial charge in [-0.1, -0.05) is 6.92 Å². The van der Waals surface area contributed by atoms with Crippen LogP contribution in [0.2, 0.25) is 0 Å². The van der Waals surface area contributed by atoms with Crippen molar-refractivity contribution in [3.05, 3.63) is 0 Å². The van der Waals surface area contributed by atoms with Crippen LogP contribution in [-0.2, 0) is 14.3 Å². The summed E-state index contributed by atoms with van der Waals surface area (Å²) in [6.45, 7) is 0.811.